The number of aliphatic imine (C=N–C) groups is 1. The third-order valence-corrected chi connectivity index (χ3v) is 7.85. The molecule has 0 spiro atoms. The first-order valence-electron chi connectivity index (χ1n) is 13.3. The van der Waals surface area contributed by atoms with E-state index >= 15 is 0 Å². The predicted octanol–water partition coefficient (Wildman–Crippen LogP) is 6.94. The Hall–Kier alpha value is -3.44. The second-order valence-corrected chi connectivity index (χ2v) is 10.8. The number of allylic oxidation sites excluding steroid dienone is 2. The Morgan fingerprint density at radius 3 is 2.54 bits per heavy atom. The normalized spacial score (nSPS) is 20.6. The van der Waals surface area contributed by atoms with Gasteiger partial charge >= 0.3 is 5.97 Å². The van der Waals surface area contributed by atoms with E-state index in [-0.39, 0.29) is 12.4 Å². The van der Waals surface area contributed by atoms with E-state index in [2.05, 4.69) is 28.9 Å². The van der Waals surface area contributed by atoms with Gasteiger partial charge in [-0.15, -0.1) is 0 Å². The molecule has 8 heteroatoms. The molecule has 0 fully saturated rings. The molecular weight excluding hydrogens is 560 g/mol. The van der Waals surface area contributed by atoms with E-state index in [1.54, 1.807) is 12.1 Å². The first-order valence-corrected chi connectivity index (χ1v) is 14.1. The van der Waals surface area contributed by atoms with Gasteiger partial charge in [0.1, 0.15) is 6.61 Å². The average Bonchev–Trinajstić information content (AvgIpc) is 2.92. The maximum absolute atomic E-state index is 13.4. The summed E-state index contributed by atoms with van der Waals surface area (Å²) in [6, 6.07) is 13.2. The lowest BCUT2D eigenvalue weighted by Gasteiger charge is -2.35. The fraction of sp³-hybridized carbons (Fsp3) is 0.419. The number of methoxy groups -OCH3 is 1. The summed E-state index contributed by atoms with van der Waals surface area (Å²) >= 11 is 3.66. The largest absolute Gasteiger partial charge is 0.490 e. The summed E-state index contributed by atoms with van der Waals surface area (Å²) in [6.45, 7) is 6.57. The Bertz CT molecular complexity index is 1360. The van der Waals surface area contributed by atoms with Gasteiger partial charge < -0.3 is 14.2 Å². The molecule has 0 saturated carbocycles. The zero-order valence-corrected chi connectivity index (χ0v) is 24.3. The lowest BCUT2D eigenvalue weighted by molar-refractivity contribution is -0.117. The van der Waals surface area contributed by atoms with Crippen LogP contribution in [0.5, 0.6) is 11.5 Å². The number of ether oxygens (including phenoxy) is 3. The lowest BCUT2D eigenvalue weighted by Crippen LogP contribution is -2.32. The van der Waals surface area contributed by atoms with Crippen LogP contribution in [0.25, 0.3) is 0 Å². The Kier molecular flexibility index (Phi) is 9.24. The van der Waals surface area contributed by atoms with Crippen LogP contribution in [0.3, 0.4) is 0 Å². The minimum atomic E-state index is -0.545. The highest BCUT2D eigenvalue weighted by Crippen LogP contribution is 2.48. The summed E-state index contributed by atoms with van der Waals surface area (Å²) < 4.78 is 17.6. The summed E-state index contributed by atoms with van der Waals surface area (Å²) in [5, 5.41) is 10.1. The molecule has 0 saturated heterocycles. The molecule has 2 aliphatic rings. The van der Waals surface area contributed by atoms with Crippen molar-refractivity contribution in [3.05, 3.63) is 68.8 Å². The van der Waals surface area contributed by atoms with Crippen LogP contribution in [-0.2, 0) is 16.1 Å². The predicted molar refractivity (Wildman–Crippen MR) is 152 cm³/mol. The highest BCUT2D eigenvalue weighted by molar-refractivity contribution is 9.10. The Labute approximate surface area is 238 Å². The molecule has 0 N–H and O–H groups in total. The Morgan fingerprint density at radius 2 is 1.90 bits per heavy atom. The van der Waals surface area contributed by atoms with Crippen LogP contribution < -0.4 is 9.47 Å². The van der Waals surface area contributed by atoms with Crippen LogP contribution in [0.1, 0.15) is 73.9 Å². The van der Waals surface area contributed by atoms with Crippen molar-refractivity contribution in [1.29, 1.82) is 5.26 Å². The molecular formula is C31H33BrN2O5. The molecule has 2 aromatic rings. The number of hydrogen-bond acceptors (Lipinski definition) is 7. The van der Waals surface area contributed by atoms with Gasteiger partial charge in [0.15, 0.2) is 17.3 Å². The molecule has 7 nitrogen and oxygen atoms in total. The number of halogens is 1. The zero-order valence-electron chi connectivity index (χ0n) is 22.8. The number of esters is 1. The van der Waals surface area contributed by atoms with Gasteiger partial charge in [0.05, 0.1) is 35.7 Å². The molecule has 3 unspecified atom stereocenters. The van der Waals surface area contributed by atoms with E-state index in [0.29, 0.717) is 46.1 Å². The molecule has 1 heterocycles. The molecule has 2 aromatic carbocycles. The number of benzene rings is 2. The highest BCUT2D eigenvalue weighted by Gasteiger charge is 2.41. The van der Waals surface area contributed by atoms with Crippen molar-refractivity contribution in [2.45, 2.75) is 59.0 Å². The molecule has 3 atom stereocenters. The minimum absolute atomic E-state index is 0.0843. The molecule has 4 rings (SSSR count). The fourth-order valence-electron chi connectivity index (χ4n) is 5.46. The number of ketones is 1. The van der Waals surface area contributed by atoms with Crippen molar-refractivity contribution in [3.63, 3.8) is 0 Å². The van der Waals surface area contributed by atoms with Crippen LogP contribution in [0.4, 0.5) is 0 Å². The van der Waals surface area contributed by atoms with Crippen molar-refractivity contribution < 1.29 is 23.8 Å². The van der Waals surface area contributed by atoms with Crippen LogP contribution in [0.2, 0.25) is 0 Å². The molecule has 0 amide bonds. The molecule has 0 aromatic heterocycles. The van der Waals surface area contributed by atoms with Crippen molar-refractivity contribution >= 4 is 33.4 Å². The fourth-order valence-corrected chi connectivity index (χ4v) is 6.03. The molecule has 39 heavy (non-hydrogen) atoms. The third-order valence-electron chi connectivity index (χ3n) is 7.26. The molecule has 1 aliphatic heterocycles. The van der Waals surface area contributed by atoms with Crippen LogP contribution in [0.15, 0.2) is 57.1 Å². The standard InChI is InChI=1S/C31H33BrN2O5/c1-5-7-20-12-25-29(26(35)13-20)28(23(16-33)18(3)34-25)22-14-24(32)30(27(15-22)38-6-2)39-17-19-8-10-21(11-9-19)31(36)37-4/h8-11,14-15,20,23,28H,5-7,12-13,17H2,1-4H3. The van der Waals surface area contributed by atoms with Gasteiger partial charge in [0.2, 0.25) is 0 Å². The van der Waals surface area contributed by atoms with Gasteiger partial charge in [0, 0.05) is 29.3 Å². The monoisotopic (exact) mass is 592 g/mol. The van der Waals surface area contributed by atoms with E-state index in [9.17, 15) is 14.9 Å². The van der Waals surface area contributed by atoms with Gasteiger partial charge in [0.25, 0.3) is 0 Å². The topological polar surface area (TPSA) is 98.0 Å². The van der Waals surface area contributed by atoms with Crippen molar-refractivity contribution in [2.75, 3.05) is 13.7 Å². The van der Waals surface area contributed by atoms with Gasteiger partial charge in [-0.1, -0.05) is 25.5 Å². The van der Waals surface area contributed by atoms with E-state index in [1.807, 2.05) is 38.1 Å². The summed E-state index contributed by atoms with van der Waals surface area (Å²) in [5.41, 5.74) is 4.37. The lowest BCUT2D eigenvalue weighted by atomic mass is 9.70. The van der Waals surface area contributed by atoms with E-state index in [4.69, 9.17) is 19.2 Å². The SMILES string of the molecule is CCCC1CC(=O)C2=C(C1)N=C(C)C(C#N)C2c1cc(Br)c(OCc2ccc(C(=O)OC)cc2)c(OCC)c1. The van der Waals surface area contributed by atoms with Gasteiger partial charge in [-0.25, -0.2) is 4.79 Å². The maximum Gasteiger partial charge on any atom is 0.337 e. The quantitative estimate of drug-likeness (QED) is 0.292. The summed E-state index contributed by atoms with van der Waals surface area (Å²) in [4.78, 5) is 29.9. The van der Waals surface area contributed by atoms with E-state index in [0.717, 1.165) is 41.8 Å². The van der Waals surface area contributed by atoms with Crippen LogP contribution in [-0.4, -0.2) is 31.2 Å². The number of Topliss-reactive ketones (excluding diaryl/α,β-unsaturated/α-hetero) is 1. The number of hydrogen-bond donors (Lipinski definition) is 0. The second kappa shape index (κ2) is 12.6. The number of rotatable bonds is 9. The number of carbonyl (C=O) groups is 2. The molecule has 204 valence electrons. The number of carbonyl (C=O) groups excluding carboxylic acids is 2. The van der Waals surface area contributed by atoms with Crippen molar-refractivity contribution in [1.82, 2.24) is 0 Å². The zero-order chi connectivity index (χ0) is 28.1. The summed E-state index contributed by atoms with van der Waals surface area (Å²) in [5.74, 6) is 0.0681. The molecule has 1 aliphatic carbocycles. The van der Waals surface area contributed by atoms with Crippen molar-refractivity contribution in [3.8, 4) is 17.6 Å². The molecule has 0 radical (unpaired) electrons. The Morgan fingerprint density at radius 1 is 1.15 bits per heavy atom. The minimum Gasteiger partial charge on any atom is -0.490 e. The number of nitrogens with zero attached hydrogens (tertiary/aromatic N) is 2. The van der Waals surface area contributed by atoms with E-state index in [1.165, 1.54) is 7.11 Å². The smallest absolute Gasteiger partial charge is 0.337 e. The summed E-state index contributed by atoms with van der Waals surface area (Å²) in [7, 11) is 1.35. The van der Waals surface area contributed by atoms with Crippen LogP contribution >= 0.6 is 15.9 Å². The maximum atomic E-state index is 13.4. The molecule has 0 bridgehead atoms. The summed E-state index contributed by atoms with van der Waals surface area (Å²) in [6.07, 6.45) is 3.26. The second-order valence-electron chi connectivity index (χ2n) is 9.92. The van der Waals surface area contributed by atoms with Crippen molar-refractivity contribution in [2.24, 2.45) is 16.8 Å². The third kappa shape index (κ3) is 6.09. The first-order chi connectivity index (χ1) is 18.8. The highest BCUT2D eigenvalue weighted by atomic mass is 79.9. The number of nitriles is 1. The van der Waals surface area contributed by atoms with Crippen LogP contribution in [0, 0.1) is 23.2 Å². The first kappa shape index (κ1) is 28.6. The van der Waals surface area contributed by atoms with Gasteiger partial charge in [-0.3, -0.25) is 9.79 Å². The van der Waals surface area contributed by atoms with E-state index < -0.39 is 17.8 Å². The van der Waals surface area contributed by atoms with Gasteiger partial charge in [-0.2, -0.15) is 5.26 Å². The van der Waals surface area contributed by atoms with Gasteiger partial charge in [-0.05, 0) is 83.9 Å². The Balaban J connectivity index is 1.68. The average molecular weight is 594 g/mol.